The van der Waals surface area contributed by atoms with Crippen LogP contribution in [0.25, 0.3) is 0 Å². The number of nitrogens with zero attached hydrogens (tertiary/aromatic N) is 1. The highest BCUT2D eigenvalue weighted by Gasteiger charge is 2.25. The van der Waals surface area contributed by atoms with Gasteiger partial charge in [0.1, 0.15) is 0 Å². The summed E-state index contributed by atoms with van der Waals surface area (Å²) >= 11 is 0. The first-order valence-corrected chi connectivity index (χ1v) is 4.19. The molecule has 0 unspecified atom stereocenters. The van der Waals surface area contributed by atoms with E-state index in [1.54, 1.807) is 16.8 Å². The first-order valence-electron chi connectivity index (χ1n) is 4.19. The lowest BCUT2D eigenvalue weighted by Gasteiger charge is -2.06. The summed E-state index contributed by atoms with van der Waals surface area (Å²) in [5.74, 6) is 0. The summed E-state index contributed by atoms with van der Waals surface area (Å²) in [4.78, 5) is 10.3. The van der Waals surface area contributed by atoms with E-state index in [4.69, 9.17) is 0 Å². The molecular weight excluding hydrogens is 195 g/mol. The van der Waals surface area contributed by atoms with E-state index in [1.165, 1.54) is 6.20 Å². The second kappa shape index (κ2) is 4.30. The van der Waals surface area contributed by atoms with Crippen molar-refractivity contribution >= 4 is 6.29 Å². The Bertz CT molecular complexity index is 303. The fourth-order valence-corrected chi connectivity index (χ4v) is 1.13. The first kappa shape index (κ1) is 10.8. The Hall–Kier alpha value is -1.26. The van der Waals surface area contributed by atoms with Crippen molar-refractivity contribution in [3.63, 3.8) is 0 Å². The molecule has 1 aromatic rings. The van der Waals surface area contributed by atoms with Gasteiger partial charge in [-0.3, -0.25) is 4.79 Å². The molecule has 0 amide bonds. The number of rotatable bonds is 4. The summed E-state index contributed by atoms with van der Waals surface area (Å²) in [6.45, 7) is 0.285. The molecule has 1 heterocycles. The number of aromatic nitrogens is 1. The lowest BCUT2D eigenvalue weighted by Crippen LogP contribution is -2.08. The third-order valence-corrected chi connectivity index (χ3v) is 1.79. The molecule has 0 saturated heterocycles. The molecule has 1 aromatic heterocycles. The van der Waals surface area contributed by atoms with Gasteiger partial charge in [0.25, 0.3) is 0 Å². The van der Waals surface area contributed by atoms with Crippen LogP contribution in [-0.4, -0.2) is 17.0 Å². The van der Waals surface area contributed by atoms with Crippen molar-refractivity contribution in [3.05, 3.63) is 24.0 Å². The van der Waals surface area contributed by atoms with E-state index in [1.807, 2.05) is 0 Å². The normalized spacial score (nSPS) is 11.6. The van der Waals surface area contributed by atoms with Crippen molar-refractivity contribution in [3.8, 4) is 0 Å². The van der Waals surface area contributed by atoms with Gasteiger partial charge in [0.15, 0.2) is 6.29 Å². The predicted octanol–water partition coefficient (Wildman–Crippen LogP) is 2.64. The van der Waals surface area contributed by atoms with Gasteiger partial charge in [-0.25, -0.2) is 0 Å². The van der Waals surface area contributed by atoms with E-state index in [0.29, 0.717) is 11.8 Å². The van der Waals surface area contributed by atoms with Gasteiger partial charge in [0.05, 0.1) is 0 Å². The number of alkyl halides is 3. The topological polar surface area (TPSA) is 22.0 Å². The van der Waals surface area contributed by atoms with Crippen molar-refractivity contribution < 1.29 is 18.0 Å². The Morgan fingerprint density at radius 2 is 2.14 bits per heavy atom. The standard InChI is InChI=1S/C9H10F3NO/c10-9(11,12)3-1-4-13-5-2-8(6-13)7-14/h2,5-7H,1,3-4H2. The number of aldehydes is 1. The van der Waals surface area contributed by atoms with Crippen molar-refractivity contribution in [1.82, 2.24) is 4.57 Å². The van der Waals surface area contributed by atoms with E-state index in [2.05, 4.69) is 0 Å². The van der Waals surface area contributed by atoms with Crippen molar-refractivity contribution in [2.45, 2.75) is 25.6 Å². The molecule has 0 fully saturated rings. The van der Waals surface area contributed by atoms with Gasteiger partial charge in [0.2, 0.25) is 0 Å². The van der Waals surface area contributed by atoms with Gasteiger partial charge < -0.3 is 4.57 Å². The fourth-order valence-electron chi connectivity index (χ4n) is 1.13. The quantitative estimate of drug-likeness (QED) is 0.692. The highest BCUT2D eigenvalue weighted by Crippen LogP contribution is 2.21. The second-order valence-electron chi connectivity index (χ2n) is 3.02. The summed E-state index contributed by atoms with van der Waals surface area (Å²) in [6.07, 6.45) is -1.05. The number of hydrogen-bond acceptors (Lipinski definition) is 1. The van der Waals surface area contributed by atoms with E-state index >= 15 is 0 Å². The van der Waals surface area contributed by atoms with E-state index in [9.17, 15) is 18.0 Å². The molecule has 5 heteroatoms. The molecule has 0 spiro atoms. The van der Waals surface area contributed by atoms with Crippen LogP contribution in [0.1, 0.15) is 23.2 Å². The lowest BCUT2D eigenvalue weighted by atomic mass is 10.3. The highest BCUT2D eigenvalue weighted by molar-refractivity contribution is 5.74. The van der Waals surface area contributed by atoms with Crippen molar-refractivity contribution in [1.29, 1.82) is 0 Å². The Labute approximate surface area is 79.3 Å². The largest absolute Gasteiger partial charge is 0.389 e. The second-order valence-corrected chi connectivity index (χ2v) is 3.02. The van der Waals surface area contributed by atoms with Gasteiger partial charge in [-0.05, 0) is 12.5 Å². The molecule has 0 aromatic carbocycles. The average molecular weight is 205 g/mol. The molecule has 0 saturated carbocycles. The smallest absolute Gasteiger partial charge is 0.354 e. The third-order valence-electron chi connectivity index (χ3n) is 1.79. The molecule has 2 nitrogen and oxygen atoms in total. The van der Waals surface area contributed by atoms with Gasteiger partial charge in [-0.2, -0.15) is 13.2 Å². The van der Waals surface area contributed by atoms with Crippen LogP contribution in [0.5, 0.6) is 0 Å². The zero-order valence-corrected chi connectivity index (χ0v) is 7.42. The summed E-state index contributed by atoms with van der Waals surface area (Å²) in [5, 5.41) is 0. The minimum absolute atomic E-state index is 0.0382. The minimum atomic E-state index is -4.10. The van der Waals surface area contributed by atoms with Crippen molar-refractivity contribution in [2.75, 3.05) is 0 Å². The third kappa shape index (κ3) is 3.64. The van der Waals surface area contributed by atoms with Crippen LogP contribution in [0.3, 0.4) is 0 Å². The molecule has 78 valence electrons. The maximum absolute atomic E-state index is 11.8. The van der Waals surface area contributed by atoms with Crippen LogP contribution in [-0.2, 0) is 6.54 Å². The lowest BCUT2D eigenvalue weighted by molar-refractivity contribution is -0.135. The van der Waals surface area contributed by atoms with Gasteiger partial charge >= 0.3 is 6.18 Å². The van der Waals surface area contributed by atoms with Gasteiger partial charge in [-0.1, -0.05) is 0 Å². The van der Waals surface area contributed by atoms with E-state index in [-0.39, 0.29) is 13.0 Å². The van der Waals surface area contributed by atoms with E-state index in [0.717, 1.165) is 0 Å². The average Bonchev–Trinajstić information content (AvgIpc) is 2.50. The molecule has 0 aliphatic rings. The van der Waals surface area contributed by atoms with Crippen LogP contribution >= 0.6 is 0 Å². The Kier molecular flexibility index (Phi) is 3.33. The molecular formula is C9H10F3NO. The van der Waals surface area contributed by atoms with Crippen LogP contribution in [0.4, 0.5) is 13.2 Å². The van der Waals surface area contributed by atoms with Crippen LogP contribution in [0, 0.1) is 0 Å². The Balaban J connectivity index is 2.35. The summed E-state index contributed by atoms with van der Waals surface area (Å²) in [5.41, 5.74) is 0.483. The monoisotopic (exact) mass is 205 g/mol. The molecule has 0 atom stereocenters. The maximum Gasteiger partial charge on any atom is 0.389 e. The first-order chi connectivity index (χ1) is 6.51. The zero-order chi connectivity index (χ0) is 10.6. The highest BCUT2D eigenvalue weighted by atomic mass is 19.4. The molecule has 0 aliphatic heterocycles. The zero-order valence-electron chi connectivity index (χ0n) is 7.42. The molecule has 0 radical (unpaired) electrons. The number of carbonyl (C=O) groups excluding carboxylic acids is 1. The number of hydrogen-bond donors (Lipinski definition) is 0. The number of aryl methyl sites for hydroxylation is 1. The molecule has 0 aliphatic carbocycles. The van der Waals surface area contributed by atoms with Crippen LogP contribution in [0.15, 0.2) is 18.5 Å². The van der Waals surface area contributed by atoms with Gasteiger partial charge in [-0.15, -0.1) is 0 Å². The summed E-state index contributed by atoms with van der Waals surface area (Å²) in [7, 11) is 0. The summed E-state index contributed by atoms with van der Waals surface area (Å²) < 4.78 is 36.9. The molecule has 1 rings (SSSR count). The summed E-state index contributed by atoms with van der Waals surface area (Å²) in [6, 6.07) is 1.57. The fraction of sp³-hybridized carbons (Fsp3) is 0.444. The van der Waals surface area contributed by atoms with Gasteiger partial charge in [0, 0.05) is 30.9 Å². The van der Waals surface area contributed by atoms with Crippen LogP contribution in [0.2, 0.25) is 0 Å². The number of carbonyl (C=O) groups is 1. The number of halogens is 3. The molecule has 14 heavy (non-hydrogen) atoms. The van der Waals surface area contributed by atoms with Crippen molar-refractivity contribution in [2.24, 2.45) is 0 Å². The van der Waals surface area contributed by atoms with E-state index < -0.39 is 12.6 Å². The molecule has 0 bridgehead atoms. The predicted molar refractivity (Wildman–Crippen MR) is 45.1 cm³/mol. The Morgan fingerprint density at radius 1 is 1.43 bits per heavy atom. The molecule has 0 N–H and O–H groups in total. The Morgan fingerprint density at radius 3 is 2.64 bits per heavy atom. The maximum atomic E-state index is 11.8. The minimum Gasteiger partial charge on any atom is -0.354 e. The van der Waals surface area contributed by atoms with Crippen LogP contribution < -0.4 is 0 Å². The SMILES string of the molecule is O=Cc1ccn(CCCC(F)(F)F)c1.